The van der Waals surface area contributed by atoms with Crippen molar-refractivity contribution in [1.82, 2.24) is 4.98 Å². The van der Waals surface area contributed by atoms with Crippen molar-refractivity contribution in [3.63, 3.8) is 0 Å². The fourth-order valence-electron chi connectivity index (χ4n) is 3.32. The summed E-state index contributed by atoms with van der Waals surface area (Å²) < 4.78 is 0. The van der Waals surface area contributed by atoms with Gasteiger partial charge in [0.1, 0.15) is 0 Å². The smallest absolute Gasteiger partial charge is 0.0845 e. The van der Waals surface area contributed by atoms with Gasteiger partial charge in [-0.05, 0) is 52.7 Å². The van der Waals surface area contributed by atoms with Gasteiger partial charge in [0.2, 0.25) is 0 Å². The number of allylic oxidation sites excluding steroid dienone is 4. The summed E-state index contributed by atoms with van der Waals surface area (Å²) >= 11 is 0. The Kier molecular flexibility index (Phi) is 6.91. The molecule has 1 heterocycles. The summed E-state index contributed by atoms with van der Waals surface area (Å²) in [7, 11) is 0. The van der Waals surface area contributed by atoms with Gasteiger partial charge in [-0.3, -0.25) is 9.98 Å². The van der Waals surface area contributed by atoms with Crippen molar-refractivity contribution in [2.75, 3.05) is 0 Å². The number of rotatable bonds is 4. The zero-order valence-corrected chi connectivity index (χ0v) is 17.6. The van der Waals surface area contributed by atoms with E-state index in [0.29, 0.717) is 0 Å². The summed E-state index contributed by atoms with van der Waals surface area (Å²) in [6.45, 7) is 8.37. The van der Waals surface area contributed by atoms with Crippen LogP contribution in [0.3, 0.4) is 0 Å². The Morgan fingerprint density at radius 3 is 1.63 bits per heavy atom. The molecule has 0 fully saturated rings. The van der Waals surface area contributed by atoms with E-state index in [2.05, 4.69) is 62.5 Å². The van der Waals surface area contributed by atoms with E-state index in [4.69, 9.17) is 15.0 Å². The summed E-state index contributed by atoms with van der Waals surface area (Å²) in [5.41, 5.74) is 3.34. The van der Waals surface area contributed by atoms with Crippen LogP contribution in [0, 0.1) is 0 Å². The molecular formula is C23H27FeN3. The third-order valence-electron chi connectivity index (χ3n) is 4.80. The van der Waals surface area contributed by atoms with Crippen molar-refractivity contribution in [3.8, 4) is 0 Å². The third kappa shape index (κ3) is 5.47. The summed E-state index contributed by atoms with van der Waals surface area (Å²) in [6.07, 6.45) is 18.7. The molecular weight excluding hydrogens is 374 g/mol. The number of hydrogen-bond acceptors (Lipinski definition) is 3. The van der Waals surface area contributed by atoms with Crippen LogP contribution in [0.15, 0.2) is 76.8 Å². The Morgan fingerprint density at radius 2 is 1.26 bits per heavy atom. The summed E-state index contributed by atoms with van der Waals surface area (Å²) in [4.78, 5) is 14.7. The molecule has 0 amide bonds. The maximum absolute atomic E-state index is 4.92. The molecule has 0 N–H and O–H groups in total. The van der Waals surface area contributed by atoms with E-state index in [1.165, 1.54) is 0 Å². The van der Waals surface area contributed by atoms with Crippen LogP contribution in [0.1, 0.15) is 51.9 Å². The maximum Gasteiger partial charge on any atom is 0.0845 e. The molecule has 0 aliphatic heterocycles. The second kappa shape index (κ2) is 8.77. The van der Waals surface area contributed by atoms with E-state index >= 15 is 0 Å². The molecule has 1 aromatic heterocycles. The van der Waals surface area contributed by atoms with E-state index in [0.717, 1.165) is 35.7 Å². The Morgan fingerprint density at radius 1 is 0.815 bits per heavy atom. The Balaban J connectivity index is 0.00000261. The fraction of sp³-hybridized carbons (Fsp3) is 0.348. The SMILES string of the molecule is CC(=NC1(C)C=CC=CC1)c1cccc(C(C)=NC2(C)C=CC=CC2)n1.[Fe]. The largest absolute Gasteiger partial charge is 0.277 e. The molecule has 142 valence electrons. The molecule has 0 saturated carbocycles. The van der Waals surface area contributed by atoms with Gasteiger partial charge in [-0.2, -0.15) is 0 Å². The molecule has 2 aliphatic carbocycles. The second-order valence-electron chi connectivity index (χ2n) is 7.50. The van der Waals surface area contributed by atoms with Crippen LogP contribution in [-0.4, -0.2) is 27.5 Å². The number of nitrogens with zero attached hydrogens (tertiary/aromatic N) is 3. The minimum Gasteiger partial charge on any atom is -0.277 e. The Hall–Kier alpha value is -2.03. The molecule has 2 atom stereocenters. The average molecular weight is 401 g/mol. The van der Waals surface area contributed by atoms with Gasteiger partial charge in [0.05, 0.1) is 33.9 Å². The van der Waals surface area contributed by atoms with Gasteiger partial charge in [0.15, 0.2) is 0 Å². The van der Waals surface area contributed by atoms with Crippen LogP contribution >= 0.6 is 0 Å². The molecule has 0 aromatic carbocycles. The standard InChI is InChI=1S/C23H27N3.Fe/c1-18(25-22(3)14-7-5-8-15-22)20-12-11-13-21(24-20)19(2)26-23(4)16-9-6-10-17-23;/h5-14,16H,15,17H2,1-4H3;. The van der Waals surface area contributed by atoms with Gasteiger partial charge in [0.25, 0.3) is 0 Å². The molecule has 4 heteroatoms. The van der Waals surface area contributed by atoms with E-state index in [1.807, 2.05) is 32.0 Å². The number of hydrogen-bond donors (Lipinski definition) is 0. The molecule has 0 bridgehead atoms. The minimum absolute atomic E-state index is 0. The predicted octanol–water partition coefficient (Wildman–Crippen LogP) is 5.25. The molecule has 3 rings (SSSR count). The first kappa shape index (κ1) is 21.3. The van der Waals surface area contributed by atoms with Crippen LogP contribution in [0.25, 0.3) is 0 Å². The number of pyridine rings is 1. The predicted molar refractivity (Wildman–Crippen MR) is 111 cm³/mol. The first-order valence-corrected chi connectivity index (χ1v) is 9.19. The molecule has 2 unspecified atom stereocenters. The van der Waals surface area contributed by atoms with Gasteiger partial charge < -0.3 is 0 Å². The van der Waals surface area contributed by atoms with Crippen molar-refractivity contribution >= 4 is 11.4 Å². The fourth-order valence-corrected chi connectivity index (χ4v) is 3.32. The topological polar surface area (TPSA) is 37.6 Å². The van der Waals surface area contributed by atoms with Crippen LogP contribution < -0.4 is 0 Å². The molecule has 0 saturated heterocycles. The monoisotopic (exact) mass is 401 g/mol. The maximum atomic E-state index is 4.92. The van der Waals surface area contributed by atoms with Crippen molar-refractivity contribution < 1.29 is 17.1 Å². The van der Waals surface area contributed by atoms with Gasteiger partial charge in [0, 0.05) is 17.1 Å². The van der Waals surface area contributed by atoms with Crippen LogP contribution in [0.2, 0.25) is 0 Å². The van der Waals surface area contributed by atoms with E-state index in [1.54, 1.807) is 0 Å². The van der Waals surface area contributed by atoms with Crippen molar-refractivity contribution in [2.45, 2.75) is 51.6 Å². The first-order chi connectivity index (χ1) is 12.4. The molecule has 0 radical (unpaired) electrons. The summed E-state index contributed by atoms with van der Waals surface area (Å²) in [6, 6.07) is 6.08. The van der Waals surface area contributed by atoms with Crippen molar-refractivity contribution in [1.29, 1.82) is 0 Å². The normalized spacial score (nSPS) is 27.6. The number of aromatic nitrogens is 1. The quantitative estimate of drug-likeness (QED) is 0.502. The van der Waals surface area contributed by atoms with E-state index in [9.17, 15) is 0 Å². The molecule has 2 aliphatic rings. The molecule has 0 spiro atoms. The summed E-state index contributed by atoms with van der Waals surface area (Å²) in [5, 5.41) is 0. The molecule has 1 aromatic rings. The first-order valence-electron chi connectivity index (χ1n) is 9.19. The molecule has 3 nitrogen and oxygen atoms in total. The zero-order valence-electron chi connectivity index (χ0n) is 16.5. The van der Waals surface area contributed by atoms with Gasteiger partial charge in [-0.25, -0.2) is 4.98 Å². The molecule has 27 heavy (non-hydrogen) atoms. The van der Waals surface area contributed by atoms with Gasteiger partial charge in [-0.1, -0.05) is 54.7 Å². The van der Waals surface area contributed by atoms with E-state index < -0.39 is 0 Å². The minimum atomic E-state index is -0.188. The zero-order chi connectivity index (χ0) is 18.6. The van der Waals surface area contributed by atoms with Crippen molar-refractivity contribution in [2.24, 2.45) is 9.98 Å². The number of aliphatic imine (C=N–C) groups is 2. The second-order valence-corrected chi connectivity index (χ2v) is 7.50. The average Bonchev–Trinajstić information content (AvgIpc) is 2.62. The van der Waals surface area contributed by atoms with E-state index in [-0.39, 0.29) is 28.1 Å². The van der Waals surface area contributed by atoms with Crippen molar-refractivity contribution in [3.05, 3.63) is 78.2 Å². The Labute approximate surface area is 173 Å². The third-order valence-corrected chi connectivity index (χ3v) is 4.80. The summed E-state index contributed by atoms with van der Waals surface area (Å²) in [5.74, 6) is 0. The van der Waals surface area contributed by atoms with Gasteiger partial charge in [-0.15, -0.1) is 0 Å². The Bertz CT molecular complexity index is 793. The van der Waals surface area contributed by atoms with Crippen LogP contribution in [0.4, 0.5) is 0 Å². The van der Waals surface area contributed by atoms with Crippen LogP contribution in [-0.2, 0) is 17.1 Å². The van der Waals surface area contributed by atoms with Gasteiger partial charge >= 0.3 is 0 Å². The van der Waals surface area contributed by atoms with Crippen LogP contribution in [0.5, 0.6) is 0 Å².